The fraction of sp³-hybridized carbons (Fsp3) is 0.273. The summed E-state index contributed by atoms with van der Waals surface area (Å²) in [6, 6.07) is 8.91. The Bertz CT molecular complexity index is 1240. The molecule has 30 heavy (non-hydrogen) atoms. The van der Waals surface area contributed by atoms with Gasteiger partial charge in [-0.1, -0.05) is 0 Å². The average molecular weight is 402 g/mol. The molecule has 1 N–H and O–H groups in total. The molecular formula is C22H19FN6O. The molecule has 1 fully saturated rings. The zero-order valence-electron chi connectivity index (χ0n) is 16.2. The minimum atomic E-state index is -0.214. The van der Waals surface area contributed by atoms with Crippen molar-refractivity contribution in [2.75, 3.05) is 24.7 Å². The van der Waals surface area contributed by atoms with Gasteiger partial charge in [0, 0.05) is 42.6 Å². The van der Waals surface area contributed by atoms with Gasteiger partial charge in [-0.15, -0.1) is 0 Å². The van der Waals surface area contributed by atoms with E-state index in [2.05, 4.69) is 25.1 Å². The number of nitrogens with zero attached hydrogens (tertiary/aromatic N) is 5. The number of nitrogens with one attached hydrogen (secondary N) is 1. The molecule has 8 heteroatoms. The van der Waals surface area contributed by atoms with Gasteiger partial charge < -0.3 is 9.64 Å². The standard InChI is InChI=1S/C22H19FN6O/c23-15-1-4-19-16(9-15)22(5-7-30-8-6-22)12-29(19)21-20-18(24-13-25-21)3-2-17(28-20)14-10-26-27-11-14/h1-4,9-11,13H,5-8,12H2,(H,26,27). The van der Waals surface area contributed by atoms with Crippen LogP contribution in [0.1, 0.15) is 18.4 Å². The van der Waals surface area contributed by atoms with E-state index in [-0.39, 0.29) is 11.2 Å². The van der Waals surface area contributed by atoms with Crippen molar-refractivity contribution in [1.82, 2.24) is 25.1 Å². The first-order valence-electron chi connectivity index (χ1n) is 10.00. The van der Waals surface area contributed by atoms with Gasteiger partial charge in [0.05, 0.1) is 17.4 Å². The van der Waals surface area contributed by atoms with Gasteiger partial charge in [-0.2, -0.15) is 5.10 Å². The molecule has 7 nitrogen and oxygen atoms in total. The number of aromatic amines is 1. The zero-order valence-corrected chi connectivity index (χ0v) is 16.2. The van der Waals surface area contributed by atoms with E-state index < -0.39 is 0 Å². The van der Waals surface area contributed by atoms with Crippen molar-refractivity contribution < 1.29 is 9.13 Å². The van der Waals surface area contributed by atoms with E-state index in [1.54, 1.807) is 18.6 Å². The molecule has 4 aromatic rings. The van der Waals surface area contributed by atoms with Gasteiger partial charge in [-0.25, -0.2) is 19.3 Å². The summed E-state index contributed by atoms with van der Waals surface area (Å²) in [5.74, 6) is 0.524. The lowest BCUT2D eigenvalue weighted by Crippen LogP contribution is -2.37. The lowest BCUT2D eigenvalue weighted by atomic mass is 9.76. The molecule has 0 saturated carbocycles. The van der Waals surface area contributed by atoms with Gasteiger partial charge in [-0.05, 0) is 48.7 Å². The predicted octanol–water partition coefficient (Wildman–Crippen LogP) is 3.75. The summed E-state index contributed by atoms with van der Waals surface area (Å²) in [5, 5.41) is 6.84. The van der Waals surface area contributed by atoms with Crippen LogP contribution in [0, 0.1) is 5.82 Å². The Hall–Kier alpha value is -3.39. The molecule has 0 atom stereocenters. The predicted molar refractivity (Wildman–Crippen MR) is 110 cm³/mol. The van der Waals surface area contributed by atoms with Crippen molar-refractivity contribution in [2.24, 2.45) is 0 Å². The second-order valence-corrected chi connectivity index (χ2v) is 7.89. The van der Waals surface area contributed by atoms with E-state index in [0.29, 0.717) is 13.2 Å². The number of H-pyrrole nitrogens is 1. The molecule has 0 radical (unpaired) electrons. The van der Waals surface area contributed by atoms with Gasteiger partial charge in [0.25, 0.3) is 0 Å². The maximum atomic E-state index is 14.2. The van der Waals surface area contributed by atoms with Gasteiger partial charge in [0.2, 0.25) is 0 Å². The Morgan fingerprint density at radius 1 is 1.10 bits per heavy atom. The molecule has 2 aliphatic rings. The van der Waals surface area contributed by atoms with Crippen LogP contribution >= 0.6 is 0 Å². The minimum Gasteiger partial charge on any atom is -0.381 e. The lowest BCUT2D eigenvalue weighted by Gasteiger charge is -2.34. The number of rotatable bonds is 2. The summed E-state index contributed by atoms with van der Waals surface area (Å²) in [7, 11) is 0. The van der Waals surface area contributed by atoms with Crippen LogP contribution in [0.3, 0.4) is 0 Å². The fourth-order valence-corrected chi connectivity index (χ4v) is 4.70. The largest absolute Gasteiger partial charge is 0.381 e. The summed E-state index contributed by atoms with van der Waals surface area (Å²) in [6.07, 6.45) is 6.83. The Balaban J connectivity index is 1.53. The summed E-state index contributed by atoms with van der Waals surface area (Å²) in [4.78, 5) is 16.0. The molecule has 0 amide bonds. The molecule has 1 saturated heterocycles. The third kappa shape index (κ3) is 2.60. The summed E-state index contributed by atoms with van der Waals surface area (Å²) >= 11 is 0. The van der Waals surface area contributed by atoms with Gasteiger partial charge in [0.15, 0.2) is 5.82 Å². The van der Waals surface area contributed by atoms with Crippen molar-refractivity contribution in [3.8, 4) is 11.3 Å². The maximum absolute atomic E-state index is 14.2. The zero-order chi connectivity index (χ0) is 20.1. The highest BCUT2D eigenvalue weighted by molar-refractivity contribution is 5.91. The smallest absolute Gasteiger partial charge is 0.163 e. The van der Waals surface area contributed by atoms with Crippen LogP contribution in [0.25, 0.3) is 22.3 Å². The van der Waals surface area contributed by atoms with Gasteiger partial charge in [-0.3, -0.25) is 5.10 Å². The first kappa shape index (κ1) is 17.5. The Morgan fingerprint density at radius 3 is 2.83 bits per heavy atom. The van der Waals surface area contributed by atoms with Crippen molar-refractivity contribution >= 4 is 22.5 Å². The second-order valence-electron chi connectivity index (χ2n) is 7.89. The van der Waals surface area contributed by atoms with Crippen LogP contribution in [-0.2, 0) is 10.2 Å². The van der Waals surface area contributed by atoms with Crippen molar-refractivity contribution in [2.45, 2.75) is 18.3 Å². The van der Waals surface area contributed by atoms with Crippen LogP contribution in [0.5, 0.6) is 0 Å². The molecule has 0 aliphatic carbocycles. The van der Waals surface area contributed by atoms with Crippen LogP contribution in [-0.4, -0.2) is 44.9 Å². The molecular weight excluding hydrogens is 383 g/mol. The quantitative estimate of drug-likeness (QED) is 0.550. The first-order valence-corrected chi connectivity index (χ1v) is 10.00. The number of hydrogen-bond acceptors (Lipinski definition) is 6. The van der Waals surface area contributed by atoms with E-state index in [4.69, 9.17) is 9.72 Å². The molecule has 1 aromatic carbocycles. The molecule has 1 spiro atoms. The highest BCUT2D eigenvalue weighted by Crippen LogP contribution is 2.49. The van der Waals surface area contributed by atoms with Gasteiger partial charge >= 0.3 is 0 Å². The molecule has 5 heterocycles. The Labute approximate surface area is 172 Å². The Morgan fingerprint density at radius 2 is 2.00 bits per heavy atom. The van der Waals surface area contributed by atoms with E-state index in [1.165, 1.54) is 6.07 Å². The number of halogens is 1. The normalized spacial score (nSPS) is 17.6. The maximum Gasteiger partial charge on any atom is 0.163 e. The monoisotopic (exact) mass is 402 g/mol. The molecule has 3 aromatic heterocycles. The molecule has 0 unspecified atom stereocenters. The first-order chi connectivity index (χ1) is 14.7. The van der Waals surface area contributed by atoms with E-state index in [9.17, 15) is 4.39 Å². The van der Waals surface area contributed by atoms with Crippen LogP contribution in [0.4, 0.5) is 15.9 Å². The number of benzene rings is 1. The summed E-state index contributed by atoms with van der Waals surface area (Å²) in [6.45, 7) is 2.08. The van der Waals surface area contributed by atoms with E-state index >= 15 is 0 Å². The molecule has 0 bridgehead atoms. The number of anilines is 2. The summed E-state index contributed by atoms with van der Waals surface area (Å²) in [5.41, 5.74) is 5.05. The minimum absolute atomic E-state index is 0.144. The molecule has 6 rings (SSSR count). The topological polar surface area (TPSA) is 79.8 Å². The highest BCUT2D eigenvalue weighted by atomic mass is 19.1. The number of aromatic nitrogens is 5. The van der Waals surface area contributed by atoms with E-state index in [1.807, 2.05) is 24.4 Å². The van der Waals surface area contributed by atoms with Gasteiger partial charge in [0.1, 0.15) is 17.7 Å². The SMILES string of the molecule is Fc1ccc2c(c1)C1(CCOCC1)CN2c1ncnc2ccc(-c3cn[nH]c3)nc12. The molecule has 2 aliphatic heterocycles. The fourth-order valence-electron chi connectivity index (χ4n) is 4.70. The van der Waals surface area contributed by atoms with Crippen molar-refractivity contribution in [1.29, 1.82) is 0 Å². The van der Waals surface area contributed by atoms with Crippen molar-refractivity contribution in [3.05, 3.63) is 60.4 Å². The highest BCUT2D eigenvalue weighted by Gasteiger charge is 2.45. The lowest BCUT2D eigenvalue weighted by molar-refractivity contribution is 0.0557. The van der Waals surface area contributed by atoms with Crippen LogP contribution < -0.4 is 4.90 Å². The number of fused-ring (bicyclic) bond motifs is 3. The van der Waals surface area contributed by atoms with Crippen LogP contribution in [0.2, 0.25) is 0 Å². The number of ether oxygens (including phenoxy) is 1. The third-order valence-corrected chi connectivity index (χ3v) is 6.24. The van der Waals surface area contributed by atoms with Crippen molar-refractivity contribution in [3.63, 3.8) is 0 Å². The number of hydrogen-bond donors (Lipinski definition) is 1. The summed E-state index contributed by atoms with van der Waals surface area (Å²) < 4.78 is 19.8. The van der Waals surface area contributed by atoms with E-state index in [0.717, 1.165) is 58.7 Å². The Kier molecular flexibility index (Phi) is 3.82. The number of pyridine rings is 1. The molecule has 150 valence electrons. The van der Waals surface area contributed by atoms with Crippen LogP contribution in [0.15, 0.2) is 49.1 Å². The second kappa shape index (κ2) is 6.56. The third-order valence-electron chi connectivity index (χ3n) is 6.24. The average Bonchev–Trinajstić information content (AvgIpc) is 3.41.